The molecule has 2 aliphatic rings. The molecule has 30 heavy (non-hydrogen) atoms. The van der Waals surface area contributed by atoms with E-state index in [0.29, 0.717) is 30.6 Å². The number of hydrogen-bond donors (Lipinski definition) is 0. The number of benzene rings is 1. The average molecular weight is 423 g/mol. The van der Waals surface area contributed by atoms with Crippen LogP contribution in [0.4, 0.5) is 5.82 Å². The van der Waals surface area contributed by atoms with Gasteiger partial charge in [0.05, 0.1) is 22.7 Å². The van der Waals surface area contributed by atoms with Crippen LogP contribution in [0.5, 0.6) is 0 Å². The first kappa shape index (κ1) is 19.0. The Morgan fingerprint density at radius 3 is 2.37 bits per heavy atom. The molecule has 1 fully saturated rings. The summed E-state index contributed by atoms with van der Waals surface area (Å²) in [4.78, 5) is 38.1. The van der Waals surface area contributed by atoms with Gasteiger partial charge in [0.25, 0.3) is 11.8 Å². The third-order valence-corrected chi connectivity index (χ3v) is 6.22. The minimum absolute atomic E-state index is 0.218. The van der Waals surface area contributed by atoms with Crippen LogP contribution in [0.3, 0.4) is 0 Å². The van der Waals surface area contributed by atoms with E-state index >= 15 is 0 Å². The largest absolute Gasteiger partial charge is 0.356 e. The van der Waals surface area contributed by atoms with Crippen molar-refractivity contribution in [1.29, 1.82) is 0 Å². The molecule has 0 radical (unpaired) electrons. The fraction of sp³-hybridized carbons (Fsp3) is 0.381. The van der Waals surface area contributed by atoms with E-state index in [2.05, 4.69) is 15.0 Å². The van der Waals surface area contributed by atoms with E-state index in [-0.39, 0.29) is 11.8 Å². The third kappa shape index (κ3) is 3.13. The molecule has 5 rings (SSSR count). The summed E-state index contributed by atoms with van der Waals surface area (Å²) in [6.45, 7) is 2.93. The SMILES string of the molecule is CSc1nc(N2CCCC2)c2cnn(CCCN3C(=O)c4ccccc4C3=O)c2n1. The number of imide groups is 1. The molecule has 2 aliphatic heterocycles. The van der Waals surface area contributed by atoms with E-state index in [1.807, 2.05) is 17.1 Å². The number of fused-ring (bicyclic) bond motifs is 2. The van der Waals surface area contributed by atoms with Crippen molar-refractivity contribution in [3.8, 4) is 0 Å². The zero-order valence-electron chi connectivity index (χ0n) is 16.7. The second-order valence-electron chi connectivity index (χ2n) is 7.49. The van der Waals surface area contributed by atoms with E-state index in [1.54, 1.807) is 24.3 Å². The number of aryl methyl sites for hydroxylation is 1. The first-order valence-corrected chi connectivity index (χ1v) is 11.4. The molecule has 0 unspecified atom stereocenters. The van der Waals surface area contributed by atoms with Gasteiger partial charge < -0.3 is 4.90 Å². The highest BCUT2D eigenvalue weighted by atomic mass is 32.2. The van der Waals surface area contributed by atoms with Gasteiger partial charge in [0, 0.05) is 26.2 Å². The summed E-state index contributed by atoms with van der Waals surface area (Å²) in [6, 6.07) is 6.98. The van der Waals surface area contributed by atoms with Gasteiger partial charge in [0.1, 0.15) is 5.82 Å². The molecule has 0 saturated carbocycles. The quantitative estimate of drug-likeness (QED) is 0.343. The van der Waals surface area contributed by atoms with Crippen LogP contribution in [-0.4, -0.2) is 62.4 Å². The Morgan fingerprint density at radius 1 is 1.00 bits per heavy atom. The highest BCUT2D eigenvalue weighted by Gasteiger charge is 2.34. The standard InChI is InChI=1S/C21H22N6O2S/c1-30-21-23-17(25-9-4-5-10-25)16-13-22-27(18(16)24-21)12-6-11-26-19(28)14-7-2-3-8-15(14)20(26)29/h2-3,7-8,13H,4-6,9-12H2,1H3. The monoisotopic (exact) mass is 422 g/mol. The minimum Gasteiger partial charge on any atom is -0.356 e. The molecule has 0 aliphatic carbocycles. The van der Waals surface area contributed by atoms with Gasteiger partial charge in [-0.15, -0.1) is 0 Å². The summed E-state index contributed by atoms with van der Waals surface area (Å²) in [7, 11) is 0. The van der Waals surface area contributed by atoms with Crippen LogP contribution >= 0.6 is 11.8 Å². The number of anilines is 1. The van der Waals surface area contributed by atoms with Crippen LogP contribution in [0.15, 0.2) is 35.6 Å². The average Bonchev–Trinajstić information content (AvgIpc) is 3.50. The van der Waals surface area contributed by atoms with Gasteiger partial charge in [0.15, 0.2) is 10.8 Å². The van der Waals surface area contributed by atoms with Crippen LogP contribution < -0.4 is 4.90 Å². The van der Waals surface area contributed by atoms with E-state index in [0.717, 1.165) is 35.1 Å². The Hall–Kier alpha value is -2.94. The molecular weight excluding hydrogens is 400 g/mol. The molecule has 0 spiro atoms. The van der Waals surface area contributed by atoms with Crippen LogP contribution in [0, 0.1) is 0 Å². The lowest BCUT2D eigenvalue weighted by atomic mass is 10.1. The number of hydrogen-bond acceptors (Lipinski definition) is 7. The van der Waals surface area contributed by atoms with Crippen LogP contribution in [0.2, 0.25) is 0 Å². The maximum absolute atomic E-state index is 12.5. The topological polar surface area (TPSA) is 84.2 Å². The molecule has 1 aromatic carbocycles. The summed E-state index contributed by atoms with van der Waals surface area (Å²) < 4.78 is 1.86. The molecule has 2 amide bonds. The fourth-order valence-electron chi connectivity index (χ4n) is 4.17. The predicted octanol–water partition coefficient (Wildman–Crippen LogP) is 2.83. The number of amides is 2. The van der Waals surface area contributed by atoms with Crippen molar-refractivity contribution >= 4 is 40.4 Å². The number of thioether (sulfide) groups is 1. The van der Waals surface area contributed by atoms with E-state index in [9.17, 15) is 9.59 Å². The van der Waals surface area contributed by atoms with Gasteiger partial charge in [0.2, 0.25) is 0 Å². The molecule has 9 heteroatoms. The summed E-state index contributed by atoms with van der Waals surface area (Å²) in [5.41, 5.74) is 1.78. The molecule has 0 N–H and O–H groups in total. The Kier molecular flexibility index (Phi) is 4.90. The Morgan fingerprint density at radius 2 is 1.70 bits per heavy atom. The Balaban J connectivity index is 1.35. The van der Waals surface area contributed by atoms with E-state index in [4.69, 9.17) is 4.98 Å². The molecule has 0 atom stereocenters. The number of carbonyl (C=O) groups is 2. The molecule has 4 heterocycles. The minimum atomic E-state index is -0.218. The smallest absolute Gasteiger partial charge is 0.261 e. The van der Waals surface area contributed by atoms with Gasteiger partial charge in [-0.05, 0) is 37.7 Å². The number of rotatable bonds is 6. The van der Waals surface area contributed by atoms with Crippen molar-refractivity contribution in [3.63, 3.8) is 0 Å². The fourth-order valence-corrected chi connectivity index (χ4v) is 4.52. The second-order valence-corrected chi connectivity index (χ2v) is 8.27. The number of carbonyl (C=O) groups excluding carboxylic acids is 2. The Labute approximate surface area is 178 Å². The molecule has 3 aromatic rings. The van der Waals surface area contributed by atoms with Gasteiger partial charge in [-0.2, -0.15) is 5.10 Å². The molecule has 1 saturated heterocycles. The van der Waals surface area contributed by atoms with Gasteiger partial charge in [-0.1, -0.05) is 23.9 Å². The van der Waals surface area contributed by atoms with Crippen molar-refractivity contribution in [3.05, 3.63) is 41.6 Å². The lowest BCUT2D eigenvalue weighted by Gasteiger charge is -2.17. The number of nitrogens with zero attached hydrogens (tertiary/aromatic N) is 6. The molecule has 154 valence electrons. The van der Waals surface area contributed by atoms with E-state index < -0.39 is 0 Å². The Bertz CT molecular complexity index is 1100. The van der Waals surface area contributed by atoms with Crippen LogP contribution in [0.1, 0.15) is 40.0 Å². The third-order valence-electron chi connectivity index (χ3n) is 5.67. The van der Waals surface area contributed by atoms with Crippen molar-refractivity contribution in [2.45, 2.75) is 31.0 Å². The van der Waals surface area contributed by atoms with Crippen molar-refractivity contribution in [2.75, 3.05) is 30.8 Å². The van der Waals surface area contributed by atoms with Gasteiger partial charge in [-0.25, -0.2) is 14.6 Å². The first-order valence-electron chi connectivity index (χ1n) is 10.1. The zero-order chi connectivity index (χ0) is 20.7. The highest BCUT2D eigenvalue weighted by Crippen LogP contribution is 2.29. The maximum atomic E-state index is 12.5. The maximum Gasteiger partial charge on any atom is 0.261 e. The second kappa shape index (κ2) is 7.71. The van der Waals surface area contributed by atoms with Crippen molar-refractivity contribution < 1.29 is 9.59 Å². The predicted molar refractivity (Wildman–Crippen MR) is 115 cm³/mol. The van der Waals surface area contributed by atoms with Gasteiger partial charge in [-0.3, -0.25) is 14.5 Å². The summed E-state index contributed by atoms with van der Waals surface area (Å²) >= 11 is 1.52. The normalized spacial score (nSPS) is 16.2. The van der Waals surface area contributed by atoms with E-state index in [1.165, 1.54) is 29.5 Å². The van der Waals surface area contributed by atoms with Crippen LogP contribution in [0.25, 0.3) is 11.0 Å². The summed E-state index contributed by atoms with van der Waals surface area (Å²) in [5, 5.41) is 6.22. The molecule has 0 bridgehead atoms. The lowest BCUT2D eigenvalue weighted by Crippen LogP contribution is -2.31. The zero-order valence-corrected chi connectivity index (χ0v) is 17.6. The number of aromatic nitrogens is 4. The summed E-state index contributed by atoms with van der Waals surface area (Å²) in [5.74, 6) is 0.516. The molecule has 2 aromatic heterocycles. The molecular formula is C21H22N6O2S. The van der Waals surface area contributed by atoms with Crippen molar-refractivity contribution in [1.82, 2.24) is 24.6 Å². The van der Waals surface area contributed by atoms with Gasteiger partial charge >= 0.3 is 0 Å². The van der Waals surface area contributed by atoms with Crippen molar-refractivity contribution in [2.24, 2.45) is 0 Å². The first-order chi connectivity index (χ1) is 14.7. The molecule has 8 nitrogen and oxygen atoms in total. The lowest BCUT2D eigenvalue weighted by molar-refractivity contribution is 0.0650. The van der Waals surface area contributed by atoms with Crippen LogP contribution in [-0.2, 0) is 6.54 Å². The summed E-state index contributed by atoms with van der Waals surface area (Å²) in [6.07, 6.45) is 6.76. The highest BCUT2D eigenvalue weighted by molar-refractivity contribution is 7.98.